The molecule has 0 saturated carbocycles. The van der Waals surface area contributed by atoms with Crippen LogP contribution in [0, 0.1) is 0 Å². The summed E-state index contributed by atoms with van der Waals surface area (Å²) in [7, 11) is 1.70. The first kappa shape index (κ1) is 14.0. The minimum atomic E-state index is 0.187. The Bertz CT molecular complexity index is 339. The van der Waals surface area contributed by atoms with Crippen LogP contribution in [-0.2, 0) is 17.8 Å². The Hall–Kier alpha value is -1.06. The lowest BCUT2D eigenvalue weighted by atomic mass is 10.0. The van der Waals surface area contributed by atoms with Gasteiger partial charge in [-0.1, -0.05) is 13.0 Å². The molecular formula is C14H23NO2. The molecule has 1 atom stereocenters. The summed E-state index contributed by atoms with van der Waals surface area (Å²) in [4.78, 5) is 0. The highest BCUT2D eigenvalue weighted by Gasteiger charge is 2.09. The number of benzene rings is 1. The van der Waals surface area contributed by atoms with Gasteiger partial charge in [0.25, 0.3) is 0 Å². The summed E-state index contributed by atoms with van der Waals surface area (Å²) < 4.78 is 10.8. The van der Waals surface area contributed by atoms with E-state index in [0.29, 0.717) is 13.2 Å². The summed E-state index contributed by atoms with van der Waals surface area (Å²) in [5.41, 5.74) is 8.35. The van der Waals surface area contributed by atoms with Crippen LogP contribution >= 0.6 is 0 Å². The molecule has 0 aliphatic heterocycles. The Morgan fingerprint density at radius 1 is 1.29 bits per heavy atom. The fourth-order valence-electron chi connectivity index (χ4n) is 1.77. The van der Waals surface area contributed by atoms with Gasteiger partial charge in [0.15, 0.2) is 0 Å². The van der Waals surface area contributed by atoms with Gasteiger partial charge in [-0.2, -0.15) is 0 Å². The van der Waals surface area contributed by atoms with E-state index in [-0.39, 0.29) is 6.04 Å². The monoisotopic (exact) mass is 237 g/mol. The number of hydrogen-bond donors (Lipinski definition) is 1. The van der Waals surface area contributed by atoms with Gasteiger partial charge in [0, 0.05) is 13.2 Å². The summed E-state index contributed by atoms with van der Waals surface area (Å²) in [5, 5.41) is 0. The number of hydrogen-bond acceptors (Lipinski definition) is 3. The lowest BCUT2D eigenvalue weighted by molar-refractivity contribution is 0.184. The van der Waals surface area contributed by atoms with Gasteiger partial charge in [0.1, 0.15) is 5.75 Å². The number of ether oxygens (including phenoxy) is 2. The molecule has 1 aromatic rings. The smallest absolute Gasteiger partial charge is 0.122 e. The second-order valence-corrected chi connectivity index (χ2v) is 4.18. The molecule has 96 valence electrons. The molecule has 3 heteroatoms. The van der Waals surface area contributed by atoms with Gasteiger partial charge in [-0.15, -0.1) is 0 Å². The third-order valence-electron chi connectivity index (χ3n) is 2.74. The second-order valence-electron chi connectivity index (χ2n) is 4.18. The summed E-state index contributed by atoms with van der Waals surface area (Å²) in [5.74, 6) is 0.941. The minimum absolute atomic E-state index is 0.187. The molecular weight excluding hydrogens is 214 g/mol. The van der Waals surface area contributed by atoms with Gasteiger partial charge in [0.05, 0.1) is 13.2 Å². The predicted molar refractivity (Wildman–Crippen MR) is 70.3 cm³/mol. The van der Waals surface area contributed by atoms with E-state index in [2.05, 4.69) is 13.0 Å². The fraction of sp³-hybridized carbons (Fsp3) is 0.571. The van der Waals surface area contributed by atoms with E-state index < -0.39 is 0 Å². The largest absolute Gasteiger partial charge is 0.494 e. The minimum Gasteiger partial charge on any atom is -0.494 e. The van der Waals surface area contributed by atoms with Gasteiger partial charge >= 0.3 is 0 Å². The van der Waals surface area contributed by atoms with Gasteiger partial charge in [-0.05, 0) is 43.0 Å². The van der Waals surface area contributed by atoms with Crippen LogP contribution in [0.5, 0.6) is 5.75 Å². The lowest BCUT2D eigenvalue weighted by Crippen LogP contribution is -2.21. The topological polar surface area (TPSA) is 44.5 Å². The third kappa shape index (κ3) is 4.36. The Morgan fingerprint density at radius 2 is 2.06 bits per heavy atom. The van der Waals surface area contributed by atoms with Crippen LogP contribution in [-0.4, -0.2) is 19.8 Å². The molecule has 3 nitrogen and oxygen atoms in total. The quantitative estimate of drug-likeness (QED) is 0.792. The van der Waals surface area contributed by atoms with Crippen molar-refractivity contribution in [3.8, 4) is 5.75 Å². The van der Waals surface area contributed by atoms with Crippen LogP contribution in [0.3, 0.4) is 0 Å². The maximum atomic E-state index is 6.01. The highest BCUT2D eigenvalue weighted by Crippen LogP contribution is 2.22. The standard InChI is InChI=1S/C14H23NO2/c1-4-13(15)9-12-8-11(10-16-3)6-7-14(12)17-5-2/h6-8,13H,4-5,9-10,15H2,1-3H3. The average Bonchev–Trinajstić information content (AvgIpc) is 2.33. The van der Waals surface area contributed by atoms with E-state index in [0.717, 1.165) is 24.2 Å². The molecule has 1 aromatic carbocycles. The first-order valence-corrected chi connectivity index (χ1v) is 6.20. The van der Waals surface area contributed by atoms with Crippen LogP contribution < -0.4 is 10.5 Å². The van der Waals surface area contributed by atoms with E-state index >= 15 is 0 Å². The molecule has 0 saturated heterocycles. The van der Waals surface area contributed by atoms with E-state index in [1.54, 1.807) is 7.11 Å². The van der Waals surface area contributed by atoms with Crippen molar-refractivity contribution in [3.63, 3.8) is 0 Å². The van der Waals surface area contributed by atoms with Gasteiger partial charge in [0.2, 0.25) is 0 Å². The highest BCUT2D eigenvalue weighted by molar-refractivity contribution is 5.37. The first-order chi connectivity index (χ1) is 8.21. The predicted octanol–water partition coefficient (Wildman–Crippen LogP) is 2.51. The van der Waals surface area contributed by atoms with E-state index in [1.807, 2.05) is 19.1 Å². The molecule has 0 radical (unpaired) electrons. The summed E-state index contributed by atoms with van der Waals surface area (Å²) in [6.45, 7) is 5.40. The van der Waals surface area contributed by atoms with Crippen molar-refractivity contribution in [2.75, 3.05) is 13.7 Å². The molecule has 0 aliphatic carbocycles. The van der Waals surface area contributed by atoms with Crippen LogP contribution in [0.2, 0.25) is 0 Å². The van der Waals surface area contributed by atoms with E-state index in [9.17, 15) is 0 Å². The normalized spacial score (nSPS) is 12.5. The van der Waals surface area contributed by atoms with E-state index in [1.165, 1.54) is 5.56 Å². The van der Waals surface area contributed by atoms with Gasteiger partial charge < -0.3 is 15.2 Å². The van der Waals surface area contributed by atoms with Crippen LogP contribution in [0.1, 0.15) is 31.4 Å². The van der Waals surface area contributed by atoms with Crippen molar-refractivity contribution in [1.82, 2.24) is 0 Å². The number of methoxy groups -OCH3 is 1. The SMILES string of the molecule is CCOc1ccc(COC)cc1CC(N)CC. The molecule has 1 rings (SSSR count). The molecule has 0 heterocycles. The van der Waals surface area contributed by atoms with Crippen molar-refractivity contribution in [3.05, 3.63) is 29.3 Å². The highest BCUT2D eigenvalue weighted by atomic mass is 16.5. The summed E-state index contributed by atoms with van der Waals surface area (Å²) >= 11 is 0. The first-order valence-electron chi connectivity index (χ1n) is 6.20. The third-order valence-corrected chi connectivity index (χ3v) is 2.74. The van der Waals surface area contributed by atoms with Crippen LogP contribution in [0.25, 0.3) is 0 Å². The van der Waals surface area contributed by atoms with Crippen molar-refractivity contribution >= 4 is 0 Å². The molecule has 2 N–H and O–H groups in total. The number of nitrogens with two attached hydrogens (primary N) is 1. The van der Waals surface area contributed by atoms with E-state index in [4.69, 9.17) is 15.2 Å². The Morgan fingerprint density at radius 3 is 2.65 bits per heavy atom. The van der Waals surface area contributed by atoms with Crippen molar-refractivity contribution in [2.24, 2.45) is 5.73 Å². The second kappa shape index (κ2) is 7.30. The molecule has 0 aromatic heterocycles. The summed E-state index contributed by atoms with van der Waals surface area (Å²) in [6.07, 6.45) is 1.82. The maximum absolute atomic E-state index is 6.01. The molecule has 0 fully saturated rings. The van der Waals surface area contributed by atoms with Crippen molar-refractivity contribution < 1.29 is 9.47 Å². The van der Waals surface area contributed by atoms with Gasteiger partial charge in [-0.25, -0.2) is 0 Å². The average molecular weight is 237 g/mol. The molecule has 0 amide bonds. The van der Waals surface area contributed by atoms with Gasteiger partial charge in [-0.3, -0.25) is 0 Å². The van der Waals surface area contributed by atoms with Crippen LogP contribution in [0.4, 0.5) is 0 Å². The molecule has 1 unspecified atom stereocenters. The molecule has 17 heavy (non-hydrogen) atoms. The fourth-order valence-corrected chi connectivity index (χ4v) is 1.77. The zero-order chi connectivity index (χ0) is 12.7. The zero-order valence-electron chi connectivity index (χ0n) is 11.0. The lowest BCUT2D eigenvalue weighted by Gasteiger charge is -2.15. The Labute approximate surface area is 104 Å². The Balaban J connectivity index is 2.89. The molecule has 0 bridgehead atoms. The summed E-state index contributed by atoms with van der Waals surface area (Å²) in [6, 6.07) is 6.36. The van der Waals surface area contributed by atoms with Crippen LogP contribution in [0.15, 0.2) is 18.2 Å². The zero-order valence-corrected chi connectivity index (χ0v) is 11.0. The maximum Gasteiger partial charge on any atom is 0.122 e. The van der Waals surface area contributed by atoms with Crippen molar-refractivity contribution in [2.45, 2.75) is 39.3 Å². The molecule has 0 spiro atoms. The Kier molecular flexibility index (Phi) is 6.01. The number of rotatable bonds is 7. The van der Waals surface area contributed by atoms with Crippen molar-refractivity contribution in [1.29, 1.82) is 0 Å². The molecule has 0 aliphatic rings.